The fraction of sp³-hybridized carbons (Fsp3) is 0.929. The lowest BCUT2D eigenvalue weighted by atomic mass is 10.0. The van der Waals surface area contributed by atoms with Crippen LogP contribution in [0.1, 0.15) is 65.2 Å². The molecule has 0 spiro atoms. The van der Waals surface area contributed by atoms with Gasteiger partial charge >= 0.3 is 0 Å². The summed E-state index contributed by atoms with van der Waals surface area (Å²) in [6.45, 7) is 3.77. The molecule has 0 saturated carbocycles. The van der Waals surface area contributed by atoms with Crippen molar-refractivity contribution in [1.29, 1.82) is 0 Å². The number of rotatable bonds is 12. The molecule has 0 N–H and O–H groups in total. The summed E-state index contributed by atoms with van der Waals surface area (Å²) in [6.07, 6.45) is 2.21. The molecule has 0 aromatic carbocycles. The normalized spacial score (nSPS) is 24.6. The Morgan fingerprint density at radius 3 is 2.46 bits per heavy atom. The molecule has 1 rings (SSSR count). The first-order valence-electron chi connectivity index (χ1n) is 8.20. The van der Waals surface area contributed by atoms with E-state index in [-0.39, 0.29) is 12.8 Å². The van der Waals surface area contributed by atoms with Gasteiger partial charge in [-0.3, -0.25) is 9.63 Å². The lowest BCUT2D eigenvalue weighted by Crippen LogP contribution is -2.42. The van der Waals surface area contributed by atoms with Crippen molar-refractivity contribution in [2.75, 3.05) is 0 Å². The molecule has 0 aromatic rings. The van der Waals surface area contributed by atoms with E-state index >= 15 is 0 Å². The van der Waals surface area contributed by atoms with E-state index in [0.29, 0.717) is 19.3 Å². The summed E-state index contributed by atoms with van der Waals surface area (Å²) in [5, 5.41) is 19.4. The van der Waals surface area contributed by atoms with E-state index < -0.39 is 34.0 Å². The van der Waals surface area contributed by atoms with Crippen LogP contribution < -0.4 is 0 Å². The summed E-state index contributed by atoms with van der Waals surface area (Å²) >= 11 is 0. The maximum absolute atomic E-state index is 12.2. The van der Waals surface area contributed by atoms with Crippen LogP contribution in [0, 0.1) is 20.2 Å². The van der Waals surface area contributed by atoms with Crippen LogP contribution in [0.15, 0.2) is 0 Å². The van der Waals surface area contributed by atoms with E-state index in [9.17, 15) is 25.0 Å². The number of carbonyl (C=O) groups is 1. The van der Waals surface area contributed by atoms with Crippen molar-refractivity contribution in [3.8, 4) is 0 Å². The maximum Gasteiger partial charge on any atom is 0.297 e. The second kappa shape index (κ2) is 9.36. The van der Waals surface area contributed by atoms with Crippen molar-refractivity contribution >= 4 is 5.78 Å². The first kappa shape index (κ1) is 20.1. The molecule has 0 amide bonds. The third-order valence-electron chi connectivity index (χ3n) is 3.93. The SMILES string of the molecule is CCCCCCC(O[N+](=O)[O-])C1CC(=O)C(CCC)(O[N+](=O)[O-])O1. The molecule has 1 aliphatic rings. The zero-order valence-corrected chi connectivity index (χ0v) is 14.0. The highest BCUT2D eigenvalue weighted by Gasteiger charge is 2.53. The highest BCUT2D eigenvalue weighted by atomic mass is 17.0. The molecular weight excluding hydrogens is 324 g/mol. The van der Waals surface area contributed by atoms with Gasteiger partial charge in [0.1, 0.15) is 6.10 Å². The average Bonchev–Trinajstić information content (AvgIpc) is 2.78. The summed E-state index contributed by atoms with van der Waals surface area (Å²) in [5.41, 5.74) is 0. The van der Waals surface area contributed by atoms with Crippen LogP contribution in [0.25, 0.3) is 0 Å². The van der Waals surface area contributed by atoms with E-state index in [1.807, 2.05) is 6.92 Å². The Kier molecular flexibility index (Phi) is 7.83. The van der Waals surface area contributed by atoms with Gasteiger partial charge in [-0.05, 0) is 6.42 Å². The van der Waals surface area contributed by atoms with Crippen LogP contribution in [0.4, 0.5) is 0 Å². The molecule has 1 heterocycles. The van der Waals surface area contributed by atoms with Crippen LogP contribution in [0.3, 0.4) is 0 Å². The Morgan fingerprint density at radius 2 is 1.92 bits per heavy atom. The molecular formula is C14H24N2O8. The molecule has 0 aromatic heterocycles. The summed E-state index contributed by atoms with van der Waals surface area (Å²) < 4.78 is 5.49. The molecule has 138 valence electrons. The smallest absolute Gasteiger partial charge is 0.297 e. The first-order chi connectivity index (χ1) is 11.3. The lowest BCUT2D eigenvalue weighted by molar-refractivity contribution is -0.792. The Bertz CT molecular complexity index is 458. The third-order valence-corrected chi connectivity index (χ3v) is 3.93. The van der Waals surface area contributed by atoms with Gasteiger partial charge < -0.3 is 9.57 Å². The van der Waals surface area contributed by atoms with Crippen molar-refractivity contribution in [1.82, 2.24) is 0 Å². The molecule has 3 unspecified atom stereocenters. The minimum Gasteiger partial charge on any atom is -0.338 e. The minimum atomic E-state index is -1.98. The number of nitrogens with zero attached hydrogens (tertiary/aromatic N) is 2. The van der Waals surface area contributed by atoms with Gasteiger partial charge in [0.15, 0.2) is 5.78 Å². The highest BCUT2D eigenvalue weighted by Crippen LogP contribution is 2.35. The Labute approximate surface area is 139 Å². The predicted molar refractivity (Wildman–Crippen MR) is 80.8 cm³/mol. The van der Waals surface area contributed by atoms with E-state index in [2.05, 4.69) is 9.68 Å². The van der Waals surface area contributed by atoms with Gasteiger partial charge in [0.25, 0.3) is 16.0 Å². The molecule has 10 nitrogen and oxygen atoms in total. The predicted octanol–water partition coefficient (Wildman–Crippen LogP) is 2.60. The van der Waals surface area contributed by atoms with E-state index in [1.165, 1.54) is 0 Å². The number of Topliss-reactive ketones (excluding diaryl/α,β-unsaturated/α-hetero) is 1. The number of ketones is 1. The summed E-state index contributed by atoms with van der Waals surface area (Å²) in [7, 11) is 0. The second-order valence-corrected chi connectivity index (χ2v) is 5.82. The van der Waals surface area contributed by atoms with Crippen molar-refractivity contribution in [2.45, 2.75) is 83.2 Å². The van der Waals surface area contributed by atoms with Crippen molar-refractivity contribution in [3.63, 3.8) is 0 Å². The molecule has 1 aliphatic heterocycles. The quantitative estimate of drug-likeness (QED) is 0.299. The third kappa shape index (κ3) is 5.59. The van der Waals surface area contributed by atoms with Crippen molar-refractivity contribution in [2.24, 2.45) is 0 Å². The topological polar surface area (TPSA) is 131 Å². The number of hydrogen-bond acceptors (Lipinski definition) is 8. The first-order valence-corrected chi connectivity index (χ1v) is 8.20. The van der Waals surface area contributed by atoms with Crippen LogP contribution >= 0.6 is 0 Å². The fourth-order valence-electron chi connectivity index (χ4n) is 2.85. The summed E-state index contributed by atoms with van der Waals surface area (Å²) in [6, 6.07) is 0. The maximum atomic E-state index is 12.2. The molecule has 24 heavy (non-hydrogen) atoms. The molecule has 1 saturated heterocycles. The Morgan fingerprint density at radius 1 is 1.21 bits per heavy atom. The van der Waals surface area contributed by atoms with Crippen molar-refractivity contribution in [3.05, 3.63) is 20.2 Å². The molecule has 1 fully saturated rings. The average molecular weight is 348 g/mol. The number of unbranched alkanes of at least 4 members (excludes halogenated alkanes) is 3. The van der Waals surface area contributed by atoms with Gasteiger partial charge in [0.2, 0.25) is 0 Å². The molecule has 0 aliphatic carbocycles. The molecule has 3 atom stereocenters. The zero-order chi connectivity index (χ0) is 18.2. The number of ether oxygens (including phenoxy) is 1. The Balaban J connectivity index is 2.81. The summed E-state index contributed by atoms with van der Waals surface area (Å²) in [4.78, 5) is 42.8. The minimum absolute atomic E-state index is 0.00430. The van der Waals surface area contributed by atoms with Gasteiger partial charge in [-0.2, -0.15) is 0 Å². The van der Waals surface area contributed by atoms with E-state index in [0.717, 1.165) is 19.3 Å². The molecule has 10 heteroatoms. The lowest BCUT2D eigenvalue weighted by Gasteiger charge is -2.27. The number of hydrogen-bond donors (Lipinski definition) is 0. The van der Waals surface area contributed by atoms with Crippen molar-refractivity contribution < 1.29 is 29.4 Å². The number of carbonyl (C=O) groups excluding carboxylic acids is 1. The summed E-state index contributed by atoms with van der Waals surface area (Å²) in [5.74, 6) is -2.57. The van der Waals surface area contributed by atoms with E-state index in [4.69, 9.17) is 4.74 Å². The van der Waals surface area contributed by atoms with Gasteiger partial charge in [-0.1, -0.05) is 46.0 Å². The second-order valence-electron chi connectivity index (χ2n) is 5.82. The van der Waals surface area contributed by atoms with Gasteiger partial charge in [-0.25, -0.2) is 0 Å². The molecule has 0 radical (unpaired) electrons. The van der Waals surface area contributed by atoms with Crippen LogP contribution in [0.5, 0.6) is 0 Å². The highest BCUT2D eigenvalue weighted by molar-refractivity contribution is 5.88. The molecule has 0 bridgehead atoms. The Hall–Kier alpha value is -1.97. The fourth-order valence-corrected chi connectivity index (χ4v) is 2.85. The van der Waals surface area contributed by atoms with Crippen LogP contribution in [0.2, 0.25) is 0 Å². The van der Waals surface area contributed by atoms with Gasteiger partial charge in [-0.15, -0.1) is 20.2 Å². The van der Waals surface area contributed by atoms with E-state index in [1.54, 1.807) is 6.92 Å². The standard InChI is InChI=1S/C14H24N2O8/c1-3-5-6-7-8-11(23-15(18)19)12-10-13(17)14(22-12,9-4-2)24-16(20)21/h11-12H,3-10H2,1-2H3. The zero-order valence-electron chi connectivity index (χ0n) is 14.0. The van der Waals surface area contributed by atoms with Gasteiger partial charge in [0.05, 0.1) is 6.10 Å². The largest absolute Gasteiger partial charge is 0.338 e. The van der Waals surface area contributed by atoms with Crippen LogP contribution in [-0.2, 0) is 19.2 Å². The van der Waals surface area contributed by atoms with Crippen LogP contribution in [-0.4, -0.2) is 34.0 Å². The monoisotopic (exact) mass is 348 g/mol. The van der Waals surface area contributed by atoms with Gasteiger partial charge in [0, 0.05) is 12.8 Å².